The molecule has 0 radical (unpaired) electrons. The minimum Gasteiger partial charge on any atom is -0.356 e. The van der Waals surface area contributed by atoms with Gasteiger partial charge in [-0.05, 0) is 29.7 Å². The number of carbonyl (C=O) groups is 2. The number of piperidine rings is 1. The average molecular weight is 324 g/mol. The number of carbonyl (C=O) groups excluding carboxylic acids is 2. The number of thioether (sulfide) groups is 1. The summed E-state index contributed by atoms with van der Waals surface area (Å²) in [4.78, 5) is 26.9. The van der Waals surface area contributed by atoms with Crippen LogP contribution < -0.4 is 5.32 Å². The number of nitrogens with one attached hydrogen (secondary N) is 1. The molecular formula is C15H20N2O2S2. The zero-order valence-electron chi connectivity index (χ0n) is 12.0. The zero-order chi connectivity index (χ0) is 14.7. The molecular weight excluding hydrogens is 304 g/mol. The summed E-state index contributed by atoms with van der Waals surface area (Å²) < 4.78 is 0. The van der Waals surface area contributed by atoms with Gasteiger partial charge in [0.25, 0.3) is 0 Å². The highest BCUT2D eigenvalue weighted by Gasteiger charge is 2.41. The van der Waals surface area contributed by atoms with Crippen LogP contribution >= 0.6 is 23.1 Å². The Morgan fingerprint density at radius 3 is 2.86 bits per heavy atom. The molecule has 2 amide bonds. The SMILES string of the molecule is O=C1CC2(CCN(C(=O)CSCc3cccs3)CC2)CN1. The van der Waals surface area contributed by atoms with E-state index in [1.165, 1.54) is 4.88 Å². The third-order valence-corrected chi connectivity index (χ3v) is 6.45. The maximum absolute atomic E-state index is 12.2. The Balaban J connectivity index is 1.41. The van der Waals surface area contributed by atoms with Crippen LogP contribution in [0.15, 0.2) is 17.5 Å². The minimum absolute atomic E-state index is 0.123. The highest BCUT2D eigenvalue weighted by molar-refractivity contribution is 7.99. The second-order valence-electron chi connectivity index (χ2n) is 5.91. The first kappa shape index (κ1) is 14.9. The fraction of sp³-hybridized carbons (Fsp3) is 0.600. The molecule has 0 atom stereocenters. The fourth-order valence-corrected chi connectivity index (χ4v) is 4.83. The molecule has 6 heteroatoms. The Kier molecular flexibility index (Phi) is 4.54. The van der Waals surface area contributed by atoms with Gasteiger partial charge in [0.15, 0.2) is 0 Å². The average Bonchev–Trinajstić information content (AvgIpc) is 3.10. The topological polar surface area (TPSA) is 49.4 Å². The fourth-order valence-electron chi connectivity index (χ4n) is 3.06. The molecule has 1 N–H and O–H groups in total. The van der Waals surface area contributed by atoms with Gasteiger partial charge in [0.05, 0.1) is 5.75 Å². The predicted octanol–water partition coefficient (Wildman–Crippen LogP) is 2.11. The number of hydrogen-bond acceptors (Lipinski definition) is 4. The molecule has 0 aliphatic carbocycles. The van der Waals surface area contributed by atoms with Gasteiger partial charge in [-0.3, -0.25) is 9.59 Å². The van der Waals surface area contributed by atoms with Crippen molar-refractivity contribution in [3.8, 4) is 0 Å². The van der Waals surface area contributed by atoms with Gasteiger partial charge in [-0.15, -0.1) is 23.1 Å². The largest absolute Gasteiger partial charge is 0.356 e. The molecule has 0 aromatic carbocycles. The van der Waals surface area contributed by atoms with Crippen LogP contribution in [0, 0.1) is 5.41 Å². The second kappa shape index (κ2) is 6.40. The van der Waals surface area contributed by atoms with Gasteiger partial charge in [0.2, 0.25) is 11.8 Å². The summed E-state index contributed by atoms with van der Waals surface area (Å²) in [6.45, 7) is 2.39. The maximum Gasteiger partial charge on any atom is 0.232 e. The minimum atomic E-state index is 0.123. The van der Waals surface area contributed by atoms with Crippen LogP contribution in [0.5, 0.6) is 0 Å². The highest BCUT2D eigenvalue weighted by atomic mass is 32.2. The van der Waals surface area contributed by atoms with E-state index in [2.05, 4.69) is 16.8 Å². The maximum atomic E-state index is 12.2. The van der Waals surface area contributed by atoms with Gasteiger partial charge < -0.3 is 10.2 Å². The Hall–Kier alpha value is -1.01. The number of nitrogens with zero attached hydrogens (tertiary/aromatic N) is 1. The standard InChI is InChI=1S/C15H20N2O2S2/c18-13-8-15(11-16-13)3-5-17(6-4-15)14(19)10-20-9-12-2-1-7-21-12/h1-2,7H,3-6,8-11H2,(H,16,18). The molecule has 21 heavy (non-hydrogen) atoms. The molecule has 0 unspecified atom stereocenters. The Labute approximate surface area is 133 Å². The van der Waals surface area contributed by atoms with E-state index < -0.39 is 0 Å². The van der Waals surface area contributed by atoms with Gasteiger partial charge in [-0.2, -0.15) is 0 Å². The van der Waals surface area contributed by atoms with E-state index in [-0.39, 0.29) is 17.2 Å². The van der Waals surface area contributed by atoms with Crippen molar-refractivity contribution in [3.63, 3.8) is 0 Å². The Morgan fingerprint density at radius 1 is 1.43 bits per heavy atom. The first-order valence-corrected chi connectivity index (χ1v) is 9.35. The first-order valence-electron chi connectivity index (χ1n) is 7.32. The smallest absolute Gasteiger partial charge is 0.232 e. The van der Waals surface area contributed by atoms with Crippen molar-refractivity contribution in [1.29, 1.82) is 0 Å². The quantitative estimate of drug-likeness (QED) is 0.923. The van der Waals surface area contributed by atoms with E-state index in [4.69, 9.17) is 0 Å². The van der Waals surface area contributed by atoms with E-state index in [1.807, 2.05) is 11.0 Å². The van der Waals surface area contributed by atoms with Crippen LogP contribution in [-0.2, 0) is 15.3 Å². The number of thiophene rings is 1. The lowest BCUT2D eigenvalue weighted by atomic mass is 9.78. The molecule has 0 saturated carbocycles. The van der Waals surface area contributed by atoms with Crippen LogP contribution in [0.2, 0.25) is 0 Å². The summed E-state index contributed by atoms with van der Waals surface area (Å²) in [5, 5.41) is 5.00. The second-order valence-corrected chi connectivity index (χ2v) is 7.92. The van der Waals surface area contributed by atoms with Gasteiger partial charge >= 0.3 is 0 Å². The van der Waals surface area contributed by atoms with Crippen molar-refractivity contribution in [1.82, 2.24) is 10.2 Å². The lowest BCUT2D eigenvalue weighted by Crippen LogP contribution is -2.44. The Bertz CT molecular complexity index is 508. The normalized spacial score (nSPS) is 20.8. The molecule has 3 rings (SSSR count). The summed E-state index contributed by atoms with van der Waals surface area (Å²) in [6.07, 6.45) is 2.54. The molecule has 2 aliphatic rings. The number of hydrogen-bond donors (Lipinski definition) is 1. The Morgan fingerprint density at radius 2 is 2.24 bits per heavy atom. The summed E-state index contributed by atoms with van der Waals surface area (Å²) >= 11 is 3.43. The predicted molar refractivity (Wildman–Crippen MR) is 86.4 cm³/mol. The molecule has 2 aliphatic heterocycles. The van der Waals surface area contributed by atoms with Gasteiger partial charge in [-0.25, -0.2) is 0 Å². The van der Waals surface area contributed by atoms with Crippen LogP contribution in [0.4, 0.5) is 0 Å². The van der Waals surface area contributed by atoms with E-state index in [0.717, 1.165) is 38.2 Å². The zero-order valence-corrected chi connectivity index (χ0v) is 13.6. The van der Waals surface area contributed by atoms with Crippen molar-refractivity contribution in [2.45, 2.75) is 25.0 Å². The van der Waals surface area contributed by atoms with Crippen molar-refractivity contribution in [3.05, 3.63) is 22.4 Å². The van der Waals surface area contributed by atoms with E-state index in [1.54, 1.807) is 23.1 Å². The van der Waals surface area contributed by atoms with Crippen molar-refractivity contribution in [2.24, 2.45) is 5.41 Å². The molecule has 0 bridgehead atoms. The lowest BCUT2D eigenvalue weighted by molar-refractivity contribution is -0.130. The van der Waals surface area contributed by atoms with E-state index >= 15 is 0 Å². The van der Waals surface area contributed by atoms with Gasteiger partial charge in [-0.1, -0.05) is 6.07 Å². The molecule has 1 spiro atoms. The molecule has 1 aromatic rings. The molecule has 4 nitrogen and oxygen atoms in total. The monoisotopic (exact) mass is 324 g/mol. The summed E-state index contributed by atoms with van der Waals surface area (Å²) in [6, 6.07) is 4.15. The molecule has 2 fully saturated rings. The van der Waals surface area contributed by atoms with Crippen molar-refractivity contribution in [2.75, 3.05) is 25.4 Å². The van der Waals surface area contributed by atoms with Crippen LogP contribution in [0.3, 0.4) is 0 Å². The van der Waals surface area contributed by atoms with E-state index in [9.17, 15) is 9.59 Å². The third-order valence-electron chi connectivity index (χ3n) is 4.42. The van der Waals surface area contributed by atoms with Gasteiger partial charge in [0.1, 0.15) is 0 Å². The molecule has 114 valence electrons. The highest BCUT2D eigenvalue weighted by Crippen LogP contribution is 2.37. The van der Waals surface area contributed by atoms with Crippen LogP contribution in [0.1, 0.15) is 24.1 Å². The molecule has 1 aromatic heterocycles. The number of rotatable bonds is 4. The first-order chi connectivity index (χ1) is 10.2. The molecule has 3 heterocycles. The van der Waals surface area contributed by atoms with E-state index in [0.29, 0.717) is 12.2 Å². The van der Waals surface area contributed by atoms with Crippen molar-refractivity contribution < 1.29 is 9.59 Å². The number of likely N-dealkylation sites (tertiary alicyclic amines) is 1. The summed E-state index contributed by atoms with van der Waals surface area (Å²) in [5.41, 5.74) is 0.123. The summed E-state index contributed by atoms with van der Waals surface area (Å²) in [7, 11) is 0. The van der Waals surface area contributed by atoms with Crippen LogP contribution in [0.25, 0.3) is 0 Å². The molecule has 2 saturated heterocycles. The third kappa shape index (κ3) is 3.61. The number of amides is 2. The summed E-state index contributed by atoms with van der Waals surface area (Å²) in [5.74, 6) is 1.88. The van der Waals surface area contributed by atoms with Crippen LogP contribution in [-0.4, -0.2) is 42.1 Å². The lowest BCUT2D eigenvalue weighted by Gasteiger charge is -2.38. The van der Waals surface area contributed by atoms with Gasteiger partial charge in [0, 0.05) is 36.7 Å². The van der Waals surface area contributed by atoms with Crippen molar-refractivity contribution >= 4 is 34.9 Å².